The second-order valence-corrected chi connectivity index (χ2v) is 10.9. The Balaban J connectivity index is 2.39. The molecule has 7 nitrogen and oxygen atoms in total. The Labute approximate surface area is 227 Å². The summed E-state index contributed by atoms with van der Waals surface area (Å²) in [4.78, 5) is 25.1. The number of nitrogens with one attached hydrogen (secondary N) is 1. The minimum Gasteiger partial charge on any atom is -0.506 e. The summed E-state index contributed by atoms with van der Waals surface area (Å²) in [6.45, 7) is 17.1. The van der Waals surface area contributed by atoms with Gasteiger partial charge in [-0.05, 0) is 67.2 Å². The summed E-state index contributed by atoms with van der Waals surface area (Å²) >= 11 is 0. The molecule has 2 N–H and O–H groups in total. The summed E-state index contributed by atoms with van der Waals surface area (Å²) in [5.74, 6) is 0.291. The number of aromatic hydroxyl groups is 1. The zero-order valence-corrected chi connectivity index (χ0v) is 24.3. The number of amides is 1. The summed E-state index contributed by atoms with van der Waals surface area (Å²) < 4.78 is 16.3. The van der Waals surface area contributed by atoms with E-state index in [9.17, 15) is 14.7 Å². The zero-order valence-electron chi connectivity index (χ0n) is 24.3. The van der Waals surface area contributed by atoms with Crippen molar-refractivity contribution in [3.8, 4) is 17.2 Å². The van der Waals surface area contributed by atoms with Crippen LogP contribution >= 0.6 is 0 Å². The van der Waals surface area contributed by atoms with Gasteiger partial charge in [-0.25, -0.2) is 4.79 Å². The van der Waals surface area contributed by atoms with Gasteiger partial charge in [-0.1, -0.05) is 67.0 Å². The third-order valence-electron chi connectivity index (χ3n) is 7.33. The number of benzene rings is 2. The molecule has 0 bridgehead atoms. The molecule has 7 heteroatoms. The number of hydrogen-bond donors (Lipinski definition) is 2. The SMILES string of the molecule is CCCCC(Oc1ccc(C(C)(C)CC)cc1C(C)(C)CC)C(=O)Nc1cc(OC(=O)OCC)ccc1O. The Morgan fingerprint density at radius 1 is 0.947 bits per heavy atom. The summed E-state index contributed by atoms with van der Waals surface area (Å²) in [5, 5.41) is 13.1. The predicted octanol–water partition coefficient (Wildman–Crippen LogP) is 7.88. The van der Waals surface area contributed by atoms with Crippen molar-refractivity contribution in [1.29, 1.82) is 0 Å². The van der Waals surface area contributed by atoms with Crippen molar-refractivity contribution < 1.29 is 28.9 Å². The van der Waals surface area contributed by atoms with Gasteiger partial charge in [0, 0.05) is 11.6 Å². The molecule has 0 aliphatic carbocycles. The highest BCUT2D eigenvalue weighted by Crippen LogP contribution is 2.39. The Morgan fingerprint density at radius 3 is 2.24 bits per heavy atom. The van der Waals surface area contributed by atoms with Gasteiger partial charge in [-0.3, -0.25) is 4.79 Å². The highest BCUT2D eigenvalue weighted by Gasteiger charge is 2.29. The molecule has 0 aliphatic heterocycles. The molecule has 0 aliphatic rings. The number of anilines is 1. The number of phenols is 1. The van der Waals surface area contributed by atoms with E-state index in [1.54, 1.807) is 6.92 Å². The third-order valence-corrected chi connectivity index (χ3v) is 7.33. The van der Waals surface area contributed by atoms with Crippen LogP contribution in [0.25, 0.3) is 0 Å². The molecule has 2 aromatic carbocycles. The van der Waals surface area contributed by atoms with E-state index in [1.807, 2.05) is 6.07 Å². The van der Waals surface area contributed by atoms with Gasteiger partial charge in [-0.15, -0.1) is 0 Å². The van der Waals surface area contributed by atoms with Crippen LogP contribution in [0.5, 0.6) is 17.2 Å². The Kier molecular flexibility index (Phi) is 11.0. The quantitative estimate of drug-likeness (QED) is 0.156. The topological polar surface area (TPSA) is 94.1 Å². The molecule has 0 saturated carbocycles. The van der Waals surface area contributed by atoms with Crippen molar-refractivity contribution >= 4 is 17.7 Å². The van der Waals surface area contributed by atoms with Gasteiger partial charge in [-0.2, -0.15) is 0 Å². The molecule has 1 atom stereocenters. The number of carbonyl (C=O) groups is 2. The lowest BCUT2D eigenvalue weighted by Gasteiger charge is -2.31. The highest BCUT2D eigenvalue weighted by molar-refractivity contribution is 5.96. The summed E-state index contributed by atoms with van der Waals surface area (Å²) in [6, 6.07) is 10.4. The van der Waals surface area contributed by atoms with E-state index in [0.717, 1.165) is 31.2 Å². The molecule has 1 unspecified atom stereocenters. The lowest BCUT2D eigenvalue weighted by Crippen LogP contribution is -2.34. The van der Waals surface area contributed by atoms with E-state index in [4.69, 9.17) is 14.2 Å². The van der Waals surface area contributed by atoms with Gasteiger partial charge in [0.15, 0.2) is 6.10 Å². The third kappa shape index (κ3) is 8.14. The first kappa shape index (κ1) is 31.0. The Bertz CT molecular complexity index is 1090. The van der Waals surface area contributed by atoms with Gasteiger partial charge >= 0.3 is 6.16 Å². The first-order chi connectivity index (χ1) is 17.9. The van der Waals surface area contributed by atoms with Gasteiger partial charge < -0.3 is 24.6 Å². The van der Waals surface area contributed by atoms with Gasteiger partial charge in [0.2, 0.25) is 0 Å². The van der Waals surface area contributed by atoms with Crippen LogP contribution in [0.4, 0.5) is 10.5 Å². The fraction of sp³-hybridized carbons (Fsp3) is 0.548. The molecule has 0 radical (unpaired) electrons. The molecule has 2 rings (SSSR count). The maximum absolute atomic E-state index is 13.4. The zero-order chi connectivity index (χ0) is 28.5. The summed E-state index contributed by atoms with van der Waals surface area (Å²) in [7, 11) is 0. The number of phenolic OH excluding ortho intramolecular Hbond substituents is 1. The normalized spacial score (nSPS) is 12.5. The number of rotatable bonds is 13. The van der Waals surface area contributed by atoms with Crippen molar-refractivity contribution in [2.75, 3.05) is 11.9 Å². The van der Waals surface area contributed by atoms with Crippen LogP contribution in [0.1, 0.15) is 98.6 Å². The van der Waals surface area contributed by atoms with Crippen molar-refractivity contribution in [1.82, 2.24) is 0 Å². The highest BCUT2D eigenvalue weighted by atomic mass is 16.7. The number of hydrogen-bond acceptors (Lipinski definition) is 6. The van der Waals surface area contributed by atoms with Gasteiger partial charge in [0.1, 0.15) is 17.2 Å². The first-order valence-electron chi connectivity index (χ1n) is 13.7. The molecule has 38 heavy (non-hydrogen) atoms. The molecule has 0 fully saturated rings. The Hall–Kier alpha value is -3.22. The minimum absolute atomic E-state index is 0.0181. The van der Waals surface area contributed by atoms with Crippen LogP contribution in [-0.2, 0) is 20.4 Å². The number of unbranched alkanes of at least 4 members (excludes halogenated alkanes) is 1. The molecule has 210 valence electrons. The van der Waals surface area contributed by atoms with E-state index < -0.39 is 12.3 Å². The summed E-state index contributed by atoms with van der Waals surface area (Å²) in [6.07, 6.45) is 2.48. The maximum Gasteiger partial charge on any atom is 0.513 e. The lowest BCUT2D eigenvalue weighted by atomic mass is 9.76. The van der Waals surface area contributed by atoms with Gasteiger partial charge in [0.25, 0.3) is 5.91 Å². The van der Waals surface area contributed by atoms with Crippen LogP contribution in [0.2, 0.25) is 0 Å². The van der Waals surface area contributed by atoms with E-state index >= 15 is 0 Å². The first-order valence-corrected chi connectivity index (χ1v) is 13.7. The van der Waals surface area contributed by atoms with Crippen molar-refractivity contribution in [2.24, 2.45) is 0 Å². The average Bonchev–Trinajstić information content (AvgIpc) is 2.88. The standard InChI is InChI=1S/C31H45NO6/c1-9-13-14-27(28(34)32-24-20-22(16-17-25(24)33)37-29(35)36-12-4)38-26-18-15-21(30(5,6)10-2)19-23(26)31(7,8)11-3/h15-20,27,33H,9-14H2,1-8H3,(H,32,34). The maximum atomic E-state index is 13.4. The van der Waals surface area contributed by atoms with Gasteiger partial charge in [0.05, 0.1) is 12.3 Å². The van der Waals surface area contributed by atoms with Crippen LogP contribution in [0.15, 0.2) is 36.4 Å². The fourth-order valence-corrected chi connectivity index (χ4v) is 3.90. The lowest BCUT2D eigenvalue weighted by molar-refractivity contribution is -0.123. The fourth-order valence-electron chi connectivity index (χ4n) is 3.90. The van der Waals surface area contributed by atoms with Crippen molar-refractivity contribution in [3.63, 3.8) is 0 Å². The van der Waals surface area contributed by atoms with Crippen molar-refractivity contribution in [3.05, 3.63) is 47.5 Å². The molecule has 0 saturated heterocycles. The molecular weight excluding hydrogens is 482 g/mol. The smallest absolute Gasteiger partial charge is 0.506 e. The van der Waals surface area contributed by atoms with Crippen LogP contribution in [0, 0.1) is 0 Å². The van der Waals surface area contributed by atoms with E-state index in [0.29, 0.717) is 12.2 Å². The van der Waals surface area contributed by atoms with E-state index in [2.05, 4.69) is 65.9 Å². The second kappa shape index (κ2) is 13.5. The minimum atomic E-state index is -0.861. The number of ether oxygens (including phenoxy) is 3. The summed E-state index contributed by atoms with van der Waals surface area (Å²) in [5.41, 5.74) is 2.29. The van der Waals surface area contributed by atoms with E-state index in [-0.39, 0.29) is 40.5 Å². The molecule has 2 aromatic rings. The van der Waals surface area contributed by atoms with Crippen LogP contribution in [-0.4, -0.2) is 29.9 Å². The molecule has 0 spiro atoms. The molecular formula is C31H45NO6. The van der Waals surface area contributed by atoms with Crippen molar-refractivity contribution in [2.45, 2.75) is 104 Å². The second-order valence-electron chi connectivity index (χ2n) is 10.9. The van der Waals surface area contributed by atoms with Crippen LogP contribution in [0.3, 0.4) is 0 Å². The predicted molar refractivity (Wildman–Crippen MR) is 151 cm³/mol. The van der Waals surface area contributed by atoms with E-state index in [1.165, 1.54) is 23.8 Å². The Morgan fingerprint density at radius 2 is 1.63 bits per heavy atom. The monoisotopic (exact) mass is 527 g/mol. The molecule has 0 aromatic heterocycles. The average molecular weight is 528 g/mol. The molecule has 1 amide bonds. The largest absolute Gasteiger partial charge is 0.513 e. The number of carbonyl (C=O) groups excluding carboxylic acids is 2. The molecule has 0 heterocycles. The van der Waals surface area contributed by atoms with Crippen LogP contribution < -0.4 is 14.8 Å².